The van der Waals surface area contributed by atoms with Crippen LogP contribution in [0, 0.1) is 0 Å². The second-order valence-electron chi connectivity index (χ2n) is 3.23. The lowest BCUT2D eigenvalue weighted by Gasteiger charge is -1.93. The fourth-order valence-corrected chi connectivity index (χ4v) is 3.53. The Balaban J connectivity index is 2.41. The molecule has 1 aromatic carbocycles. The van der Waals surface area contributed by atoms with Crippen molar-refractivity contribution in [3.63, 3.8) is 0 Å². The number of benzene rings is 1. The molecule has 0 unspecified atom stereocenters. The maximum absolute atomic E-state index is 5.97. The van der Waals surface area contributed by atoms with Crippen molar-refractivity contribution >= 4 is 49.1 Å². The molecule has 2 nitrogen and oxygen atoms in total. The van der Waals surface area contributed by atoms with Gasteiger partial charge in [-0.1, -0.05) is 11.6 Å². The molecule has 0 atom stereocenters. The van der Waals surface area contributed by atoms with Crippen molar-refractivity contribution in [2.24, 2.45) is 5.73 Å². The molecule has 1 heterocycles. The molecule has 2 rings (SSSR count). The Morgan fingerprint density at radius 3 is 3.00 bits per heavy atom. The fraction of sp³-hybridized carbons (Fsp3) is 0.300. The zero-order valence-electron chi connectivity index (χ0n) is 7.96. The second kappa shape index (κ2) is 4.78. The number of rotatable bonds is 3. The Kier molecular flexibility index (Phi) is 3.61. The molecule has 15 heavy (non-hydrogen) atoms. The van der Waals surface area contributed by atoms with Gasteiger partial charge < -0.3 is 5.73 Å². The van der Waals surface area contributed by atoms with Crippen LogP contribution in [0.5, 0.6) is 0 Å². The minimum Gasteiger partial charge on any atom is -0.330 e. The smallest absolute Gasteiger partial charge is 0.0958 e. The lowest BCUT2D eigenvalue weighted by Crippen LogP contribution is -1.99. The Morgan fingerprint density at radius 2 is 2.27 bits per heavy atom. The summed E-state index contributed by atoms with van der Waals surface area (Å²) in [5, 5.41) is 1.86. The summed E-state index contributed by atoms with van der Waals surface area (Å²) in [5.41, 5.74) is 6.47. The molecule has 2 aromatic rings. The van der Waals surface area contributed by atoms with Gasteiger partial charge in [0.25, 0.3) is 0 Å². The van der Waals surface area contributed by atoms with Crippen molar-refractivity contribution < 1.29 is 0 Å². The zero-order chi connectivity index (χ0) is 10.8. The minimum absolute atomic E-state index is 0.706. The van der Waals surface area contributed by atoms with Gasteiger partial charge in [-0.3, -0.25) is 0 Å². The molecule has 0 bridgehead atoms. The highest BCUT2D eigenvalue weighted by atomic mass is 79.9. The topological polar surface area (TPSA) is 38.9 Å². The third-order valence-corrected chi connectivity index (χ3v) is 3.94. The van der Waals surface area contributed by atoms with Gasteiger partial charge in [0.15, 0.2) is 0 Å². The molecule has 0 aliphatic heterocycles. The summed E-state index contributed by atoms with van der Waals surface area (Å²) in [6.45, 7) is 0.706. The van der Waals surface area contributed by atoms with Gasteiger partial charge in [-0.25, -0.2) is 4.98 Å². The molecule has 0 saturated heterocycles. The largest absolute Gasteiger partial charge is 0.330 e. The molecule has 0 fully saturated rings. The molecule has 0 radical (unpaired) electrons. The van der Waals surface area contributed by atoms with Crippen molar-refractivity contribution in [1.29, 1.82) is 0 Å². The zero-order valence-corrected chi connectivity index (χ0v) is 11.1. The first-order valence-corrected chi connectivity index (χ1v) is 6.64. The molecular weight excluding hydrogens is 296 g/mol. The van der Waals surface area contributed by atoms with Gasteiger partial charge in [0, 0.05) is 15.9 Å². The van der Waals surface area contributed by atoms with Gasteiger partial charge in [-0.15, -0.1) is 11.3 Å². The average molecular weight is 306 g/mol. The Hall–Kier alpha value is -0.160. The summed E-state index contributed by atoms with van der Waals surface area (Å²) in [7, 11) is 0. The van der Waals surface area contributed by atoms with Crippen molar-refractivity contribution in [3.8, 4) is 0 Å². The van der Waals surface area contributed by atoms with Crippen LogP contribution >= 0.6 is 38.9 Å². The van der Waals surface area contributed by atoms with Gasteiger partial charge in [0.1, 0.15) is 0 Å². The molecular formula is C10H10BrClN2S. The second-order valence-corrected chi connectivity index (χ2v) is 5.64. The SMILES string of the molecule is NCCCc1nc2c(Br)cc(Cl)cc2s1. The minimum atomic E-state index is 0.706. The number of thiazole rings is 1. The van der Waals surface area contributed by atoms with Gasteiger partial charge in [0.05, 0.1) is 15.2 Å². The van der Waals surface area contributed by atoms with E-state index in [1.807, 2.05) is 12.1 Å². The molecule has 0 spiro atoms. The monoisotopic (exact) mass is 304 g/mol. The molecule has 0 aliphatic rings. The van der Waals surface area contributed by atoms with Gasteiger partial charge in [-0.2, -0.15) is 0 Å². The molecule has 1 aromatic heterocycles. The summed E-state index contributed by atoms with van der Waals surface area (Å²) in [6, 6.07) is 3.82. The summed E-state index contributed by atoms with van der Waals surface area (Å²) >= 11 is 11.1. The van der Waals surface area contributed by atoms with E-state index in [0.29, 0.717) is 6.54 Å². The van der Waals surface area contributed by atoms with E-state index in [-0.39, 0.29) is 0 Å². The van der Waals surface area contributed by atoms with Crippen LogP contribution in [-0.4, -0.2) is 11.5 Å². The maximum Gasteiger partial charge on any atom is 0.0958 e. The lowest BCUT2D eigenvalue weighted by molar-refractivity contribution is 0.828. The quantitative estimate of drug-likeness (QED) is 0.941. The number of nitrogens with two attached hydrogens (primary N) is 1. The van der Waals surface area contributed by atoms with Crippen LogP contribution in [0.1, 0.15) is 11.4 Å². The van der Waals surface area contributed by atoms with Crippen LogP contribution in [0.4, 0.5) is 0 Å². The number of fused-ring (bicyclic) bond motifs is 1. The van der Waals surface area contributed by atoms with Crippen molar-refractivity contribution in [2.75, 3.05) is 6.54 Å². The van der Waals surface area contributed by atoms with E-state index in [2.05, 4.69) is 20.9 Å². The Bertz CT molecular complexity index is 483. The first kappa shape index (κ1) is 11.3. The first-order valence-electron chi connectivity index (χ1n) is 4.65. The van der Waals surface area contributed by atoms with E-state index in [4.69, 9.17) is 17.3 Å². The summed E-state index contributed by atoms with van der Waals surface area (Å²) in [4.78, 5) is 4.55. The van der Waals surface area contributed by atoms with Crippen LogP contribution in [0.2, 0.25) is 5.02 Å². The Morgan fingerprint density at radius 1 is 1.47 bits per heavy atom. The van der Waals surface area contributed by atoms with E-state index in [1.54, 1.807) is 11.3 Å². The predicted octanol–water partition coefficient (Wildman–Crippen LogP) is 3.60. The van der Waals surface area contributed by atoms with E-state index < -0.39 is 0 Å². The lowest BCUT2D eigenvalue weighted by atomic mass is 10.3. The van der Waals surface area contributed by atoms with Crippen LogP contribution in [0.15, 0.2) is 16.6 Å². The van der Waals surface area contributed by atoms with Crippen LogP contribution in [0.25, 0.3) is 10.2 Å². The van der Waals surface area contributed by atoms with Crippen LogP contribution in [-0.2, 0) is 6.42 Å². The van der Waals surface area contributed by atoms with E-state index in [9.17, 15) is 0 Å². The Labute approximate surface area is 106 Å². The third kappa shape index (κ3) is 2.50. The van der Waals surface area contributed by atoms with Gasteiger partial charge in [0.2, 0.25) is 0 Å². The highest BCUT2D eigenvalue weighted by molar-refractivity contribution is 9.10. The van der Waals surface area contributed by atoms with Gasteiger partial charge >= 0.3 is 0 Å². The summed E-state index contributed by atoms with van der Waals surface area (Å²) in [5.74, 6) is 0. The van der Waals surface area contributed by atoms with Crippen molar-refractivity contribution in [3.05, 3.63) is 26.6 Å². The number of hydrogen-bond donors (Lipinski definition) is 1. The van der Waals surface area contributed by atoms with Crippen LogP contribution in [0.3, 0.4) is 0 Å². The molecule has 80 valence electrons. The molecule has 2 N–H and O–H groups in total. The maximum atomic E-state index is 5.97. The van der Waals surface area contributed by atoms with Crippen LogP contribution < -0.4 is 5.73 Å². The number of nitrogens with zero attached hydrogens (tertiary/aromatic N) is 1. The predicted molar refractivity (Wildman–Crippen MR) is 69.7 cm³/mol. The van der Waals surface area contributed by atoms with Crippen molar-refractivity contribution in [1.82, 2.24) is 4.98 Å². The molecule has 5 heteroatoms. The number of hydrogen-bond acceptors (Lipinski definition) is 3. The summed E-state index contributed by atoms with van der Waals surface area (Å²) < 4.78 is 2.08. The van der Waals surface area contributed by atoms with Gasteiger partial charge in [-0.05, 0) is 41.0 Å². The number of aryl methyl sites for hydroxylation is 1. The number of halogens is 2. The summed E-state index contributed by atoms with van der Waals surface area (Å²) in [6.07, 6.45) is 1.92. The fourth-order valence-electron chi connectivity index (χ4n) is 1.36. The average Bonchev–Trinajstić information content (AvgIpc) is 2.57. The van der Waals surface area contributed by atoms with Crippen molar-refractivity contribution in [2.45, 2.75) is 12.8 Å². The third-order valence-electron chi connectivity index (χ3n) is 2.05. The normalized spacial score (nSPS) is 11.1. The first-order chi connectivity index (χ1) is 7.20. The highest BCUT2D eigenvalue weighted by Crippen LogP contribution is 2.32. The van der Waals surface area contributed by atoms with E-state index >= 15 is 0 Å². The molecule has 0 aliphatic carbocycles. The number of aromatic nitrogens is 1. The molecule has 0 saturated carbocycles. The van der Waals surface area contributed by atoms with E-state index in [0.717, 1.165) is 37.6 Å². The van der Waals surface area contributed by atoms with E-state index in [1.165, 1.54) is 0 Å². The molecule has 0 amide bonds. The highest BCUT2D eigenvalue weighted by Gasteiger charge is 2.07. The standard InChI is InChI=1S/C10H10BrClN2S/c11-7-4-6(12)5-8-10(7)14-9(15-8)2-1-3-13/h4-5H,1-3,13H2.